The molecule has 0 aliphatic heterocycles. The number of nitrogens with two attached hydrogens (primary N) is 1. The second-order valence-electron chi connectivity index (χ2n) is 6.72. The third-order valence-electron chi connectivity index (χ3n) is 4.61. The number of rotatable bonds is 6. The number of nitrogens with one attached hydrogen (secondary N) is 1. The topological polar surface area (TPSA) is 81.4 Å². The van der Waals surface area contributed by atoms with Crippen molar-refractivity contribution in [3.05, 3.63) is 45.8 Å². The molecule has 3 rings (SSSR count). The van der Waals surface area contributed by atoms with E-state index in [4.69, 9.17) is 10.5 Å². The second-order valence-corrected chi connectivity index (χ2v) is 7.83. The first kappa shape index (κ1) is 18.5. The molecule has 3 N–H and O–H groups in total. The van der Waals surface area contributed by atoms with E-state index >= 15 is 0 Å². The van der Waals surface area contributed by atoms with Gasteiger partial charge in [0.1, 0.15) is 10.8 Å². The zero-order chi connectivity index (χ0) is 18.7. The van der Waals surface area contributed by atoms with E-state index in [1.54, 1.807) is 0 Å². The molecule has 0 fully saturated rings. The molecule has 0 radical (unpaired) electrons. The van der Waals surface area contributed by atoms with Crippen LogP contribution in [0.15, 0.2) is 24.3 Å². The molecule has 0 spiro atoms. The highest BCUT2D eigenvalue weighted by molar-refractivity contribution is 7.17. The van der Waals surface area contributed by atoms with E-state index in [9.17, 15) is 9.59 Å². The number of thiophene rings is 1. The number of carbonyl (C=O) groups is 2. The lowest BCUT2D eigenvalue weighted by atomic mass is 9.88. The summed E-state index contributed by atoms with van der Waals surface area (Å²) in [7, 11) is 0. The van der Waals surface area contributed by atoms with Crippen molar-refractivity contribution < 1.29 is 14.3 Å². The van der Waals surface area contributed by atoms with Gasteiger partial charge in [0.15, 0.2) is 0 Å². The first-order valence-corrected chi connectivity index (χ1v) is 9.75. The molecule has 1 aromatic carbocycles. The molecule has 0 saturated heterocycles. The molecule has 0 saturated carbocycles. The minimum Gasteiger partial charge on any atom is -0.494 e. The number of primary amides is 1. The first-order valence-electron chi connectivity index (χ1n) is 8.93. The van der Waals surface area contributed by atoms with E-state index in [1.165, 1.54) is 16.2 Å². The van der Waals surface area contributed by atoms with E-state index in [1.807, 2.05) is 31.2 Å². The van der Waals surface area contributed by atoms with Crippen LogP contribution in [0.25, 0.3) is 0 Å². The molecule has 26 heavy (non-hydrogen) atoms. The van der Waals surface area contributed by atoms with E-state index in [-0.39, 0.29) is 12.3 Å². The van der Waals surface area contributed by atoms with Gasteiger partial charge < -0.3 is 15.8 Å². The van der Waals surface area contributed by atoms with Gasteiger partial charge in [0, 0.05) is 4.88 Å². The Morgan fingerprint density at radius 2 is 2.04 bits per heavy atom. The minimum atomic E-state index is -0.464. The Bertz CT molecular complexity index is 811. The lowest BCUT2D eigenvalue weighted by Crippen LogP contribution is -2.20. The van der Waals surface area contributed by atoms with Crippen LogP contribution in [-0.4, -0.2) is 18.4 Å². The van der Waals surface area contributed by atoms with Gasteiger partial charge in [-0.2, -0.15) is 0 Å². The molecule has 0 unspecified atom stereocenters. The molecule has 5 nitrogen and oxygen atoms in total. The van der Waals surface area contributed by atoms with Crippen LogP contribution in [-0.2, 0) is 24.1 Å². The Hall–Kier alpha value is -2.34. The summed E-state index contributed by atoms with van der Waals surface area (Å²) in [4.78, 5) is 25.6. The SMILES string of the molecule is CCOc1ccc(CC(=O)Nc2sc3c(c2C(N)=O)CC[C@@H](C)C3)cc1. The van der Waals surface area contributed by atoms with Gasteiger partial charge in [-0.25, -0.2) is 0 Å². The van der Waals surface area contributed by atoms with E-state index in [0.29, 0.717) is 23.1 Å². The molecule has 1 aliphatic rings. The molecule has 1 heterocycles. The van der Waals surface area contributed by atoms with Crippen molar-refractivity contribution in [2.45, 2.75) is 39.5 Å². The average Bonchev–Trinajstić information content (AvgIpc) is 2.93. The van der Waals surface area contributed by atoms with Crippen LogP contribution < -0.4 is 15.8 Å². The quantitative estimate of drug-likeness (QED) is 0.813. The predicted molar refractivity (Wildman–Crippen MR) is 104 cm³/mol. The van der Waals surface area contributed by atoms with Gasteiger partial charge in [0.05, 0.1) is 18.6 Å². The smallest absolute Gasteiger partial charge is 0.251 e. The fourth-order valence-corrected chi connectivity index (χ4v) is 4.76. The average molecular weight is 372 g/mol. The van der Waals surface area contributed by atoms with Crippen molar-refractivity contribution in [2.24, 2.45) is 11.7 Å². The molecule has 1 atom stereocenters. The maximum atomic E-state index is 12.5. The van der Waals surface area contributed by atoms with Crippen LogP contribution >= 0.6 is 11.3 Å². The molecular formula is C20H24N2O3S. The standard InChI is InChI=1S/C20H24N2O3S/c1-3-25-14-7-5-13(6-8-14)11-17(23)22-20-18(19(21)24)15-9-4-12(2)10-16(15)26-20/h5-8,12H,3-4,9-11H2,1-2H3,(H2,21,24)(H,22,23)/t12-/m1/s1. The van der Waals surface area contributed by atoms with Crippen LogP contribution in [0.3, 0.4) is 0 Å². The van der Waals surface area contributed by atoms with Gasteiger partial charge in [-0.3, -0.25) is 9.59 Å². The molecule has 138 valence electrons. The van der Waals surface area contributed by atoms with Crippen molar-refractivity contribution in [3.63, 3.8) is 0 Å². The zero-order valence-corrected chi connectivity index (χ0v) is 15.9. The summed E-state index contributed by atoms with van der Waals surface area (Å²) in [5.41, 5.74) is 8.01. The Morgan fingerprint density at radius 3 is 2.69 bits per heavy atom. The summed E-state index contributed by atoms with van der Waals surface area (Å²) in [6.07, 6.45) is 3.07. The van der Waals surface area contributed by atoms with Gasteiger partial charge in [0.2, 0.25) is 5.91 Å². The predicted octanol–water partition coefficient (Wildman–Crippen LogP) is 3.55. The summed E-state index contributed by atoms with van der Waals surface area (Å²) in [6, 6.07) is 7.46. The summed E-state index contributed by atoms with van der Waals surface area (Å²) < 4.78 is 5.41. The van der Waals surface area contributed by atoms with Crippen LogP contribution in [0.4, 0.5) is 5.00 Å². The molecular weight excluding hydrogens is 348 g/mol. The Balaban J connectivity index is 1.73. The lowest BCUT2D eigenvalue weighted by Gasteiger charge is -2.18. The molecule has 2 amide bonds. The molecule has 2 aromatic rings. The van der Waals surface area contributed by atoms with Crippen molar-refractivity contribution in [3.8, 4) is 5.75 Å². The van der Waals surface area contributed by atoms with Crippen molar-refractivity contribution in [2.75, 3.05) is 11.9 Å². The number of hydrogen-bond donors (Lipinski definition) is 2. The number of amides is 2. The number of anilines is 1. The normalized spacial score (nSPS) is 16.0. The van der Waals surface area contributed by atoms with E-state index < -0.39 is 5.91 Å². The highest BCUT2D eigenvalue weighted by Crippen LogP contribution is 2.39. The highest BCUT2D eigenvalue weighted by Gasteiger charge is 2.27. The maximum absolute atomic E-state index is 12.5. The van der Waals surface area contributed by atoms with Crippen LogP contribution in [0.5, 0.6) is 5.75 Å². The number of fused-ring (bicyclic) bond motifs is 1. The zero-order valence-electron chi connectivity index (χ0n) is 15.1. The van der Waals surface area contributed by atoms with Gasteiger partial charge in [0.25, 0.3) is 5.91 Å². The minimum absolute atomic E-state index is 0.150. The van der Waals surface area contributed by atoms with Crippen molar-refractivity contribution in [1.82, 2.24) is 0 Å². The Labute approximate surface area is 157 Å². The van der Waals surface area contributed by atoms with Crippen LogP contribution in [0.1, 0.15) is 46.6 Å². The lowest BCUT2D eigenvalue weighted by molar-refractivity contribution is -0.115. The number of benzene rings is 1. The van der Waals surface area contributed by atoms with Gasteiger partial charge in [-0.05, 0) is 55.4 Å². The summed E-state index contributed by atoms with van der Waals surface area (Å²) in [5, 5.41) is 3.49. The van der Waals surface area contributed by atoms with Crippen LogP contribution in [0.2, 0.25) is 0 Å². The van der Waals surface area contributed by atoms with Gasteiger partial charge in [-0.1, -0.05) is 19.1 Å². The third kappa shape index (κ3) is 4.07. The molecule has 1 aliphatic carbocycles. The molecule has 0 bridgehead atoms. The highest BCUT2D eigenvalue weighted by atomic mass is 32.1. The molecule has 6 heteroatoms. The monoisotopic (exact) mass is 372 g/mol. The first-order chi connectivity index (χ1) is 12.5. The summed E-state index contributed by atoms with van der Waals surface area (Å²) in [6.45, 7) is 4.74. The second kappa shape index (κ2) is 7.91. The fourth-order valence-electron chi connectivity index (χ4n) is 3.33. The van der Waals surface area contributed by atoms with Crippen molar-refractivity contribution in [1.29, 1.82) is 0 Å². The summed E-state index contributed by atoms with van der Waals surface area (Å²) in [5.74, 6) is 0.763. The molecule has 1 aromatic heterocycles. The Kier molecular flexibility index (Phi) is 5.61. The van der Waals surface area contributed by atoms with Crippen molar-refractivity contribution >= 4 is 28.2 Å². The number of ether oxygens (including phenoxy) is 1. The summed E-state index contributed by atoms with van der Waals surface area (Å²) >= 11 is 1.49. The third-order valence-corrected chi connectivity index (χ3v) is 5.78. The number of hydrogen-bond acceptors (Lipinski definition) is 4. The van der Waals surface area contributed by atoms with E-state index in [2.05, 4.69) is 12.2 Å². The number of carbonyl (C=O) groups excluding carboxylic acids is 2. The fraction of sp³-hybridized carbons (Fsp3) is 0.400. The van der Waals surface area contributed by atoms with Gasteiger partial charge in [-0.15, -0.1) is 11.3 Å². The van der Waals surface area contributed by atoms with E-state index in [0.717, 1.165) is 36.1 Å². The maximum Gasteiger partial charge on any atom is 0.251 e. The van der Waals surface area contributed by atoms with Crippen LogP contribution in [0, 0.1) is 5.92 Å². The largest absolute Gasteiger partial charge is 0.494 e. The Morgan fingerprint density at radius 1 is 1.31 bits per heavy atom. The van der Waals surface area contributed by atoms with Gasteiger partial charge >= 0.3 is 0 Å².